The Morgan fingerprint density at radius 3 is 1.75 bits per heavy atom. The molecule has 6 nitrogen and oxygen atoms in total. The number of carbonyl (C=O) groups excluding carboxylic acids is 1. The Hall–Kier alpha value is -4.19. The van der Waals surface area contributed by atoms with Crippen molar-refractivity contribution in [1.29, 1.82) is 0 Å². The van der Waals surface area contributed by atoms with Gasteiger partial charge in [0.2, 0.25) is 5.91 Å². The summed E-state index contributed by atoms with van der Waals surface area (Å²) in [4.78, 5) is 28.2. The number of benzene rings is 3. The van der Waals surface area contributed by atoms with E-state index in [1.54, 1.807) is 0 Å². The van der Waals surface area contributed by atoms with Crippen LogP contribution in [0.5, 0.6) is 0 Å². The first-order valence-electron chi connectivity index (χ1n) is 12.1. The zero-order valence-electron chi connectivity index (χ0n) is 20.6. The molecule has 0 aliphatic heterocycles. The predicted octanol–water partition coefficient (Wildman–Crippen LogP) is 4.88. The number of aromatic nitrogens is 2. The van der Waals surface area contributed by atoms with E-state index in [2.05, 4.69) is 88.9 Å². The van der Waals surface area contributed by atoms with E-state index in [0.717, 1.165) is 22.4 Å². The highest BCUT2D eigenvalue weighted by atomic mass is 16.4. The highest BCUT2D eigenvalue weighted by Gasteiger charge is 2.38. The van der Waals surface area contributed by atoms with Gasteiger partial charge in [0.1, 0.15) is 11.0 Å². The molecule has 0 aliphatic carbocycles. The normalized spacial score (nSPS) is 11.7. The van der Waals surface area contributed by atoms with Crippen LogP contribution < -0.4 is 5.32 Å². The first-order valence-corrected chi connectivity index (χ1v) is 12.1. The molecule has 184 valence electrons. The van der Waals surface area contributed by atoms with Crippen LogP contribution in [0.25, 0.3) is 0 Å². The molecule has 0 fully saturated rings. The zero-order chi connectivity index (χ0) is 25.6. The van der Waals surface area contributed by atoms with Crippen LogP contribution in [-0.2, 0) is 21.5 Å². The average molecular weight is 482 g/mol. The third-order valence-corrected chi connectivity index (χ3v) is 6.60. The monoisotopic (exact) mass is 481 g/mol. The van der Waals surface area contributed by atoms with Gasteiger partial charge >= 0.3 is 5.97 Å². The maximum Gasteiger partial charge on any atom is 0.318 e. The summed E-state index contributed by atoms with van der Waals surface area (Å²) < 4.78 is 2.16. The van der Waals surface area contributed by atoms with Crippen molar-refractivity contribution in [1.82, 2.24) is 14.9 Å². The van der Waals surface area contributed by atoms with Crippen LogP contribution in [0.1, 0.15) is 42.7 Å². The Kier molecular flexibility index (Phi) is 7.34. The van der Waals surface area contributed by atoms with Gasteiger partial charge in [-0.2, -0.15) is 0 Å². The number of amides is 1. The van der Waals surface area contributed by atoms with E-state index in [1.165, 1.54) is 13.8 Å². The van der Waals surface area contributed by atoms with Gasteiger partial charge in [-0.25, -0.2) is 4.98 Å². The van der Waals surface area contributed by atoms with Crippen LogP contribution in [0.2, 0.25) is 0 Å². The van der Waals surface area contributed by atoms with Crippen molar-refractivity contribution < 1.29 is 14.7 Å². The zero-order valence-corrected chi connectivity index (χ0v) is 20.6. The molecule has 1 heterocycles. The molecule has 4 aromatic rings. The third-order valence-electron chi connectivity index (χ3n) is 6.60. The maximum absolute atomic E-state index is 12.2. The maximum atomic E-state index is 12.2. The van der Waals surface area contributed by atoms with Crippen molar-refractivity contribution in [2.75, 3.05) is 6.54 Å². The predicted molar refractivity (Wildman–Crippen MR) is 140 cm³/mol. The van der Waals surface area contributed by atoms with E-state index < -0.39 is 22.8 Å². The molecule has 4 rings (SSSR count). The summed E-state index contributed by atoms with van der Waals surface area (Å²) in [5.41, 5.74) is 2.18. The van der Waals surface area contributed by atoms with Crippen LogP contribution in [0.3, 0.4) is 0 Å². The van der Waals surface area contributed by atoms with Crippen molar-refractivity contribution in [3.8, 4) is 0 Å². The van der Waals surface area contributed by atoms with Gasteiger partial charge in [-0.1, -0.05) is 91.0 Å². The van der Waals surface area contributed by atoms with E-state index in [-0.39, 0.29) is 0 Å². The molecular weight excluding hydrogens is 450 g/mol. The van der Waals surface area contributed by atoms with E-state index in [1.807, 2.05) is 24.5 Å². The van der Waals surface area contributed by atoms with Crippen LogP contribution in [0.15, 0.2) is 104 Å². The molecule has 0 saturated heterocycles. The number of carboxylic acids is 1. The topological polar surface area (TPSA) is 84.2 Å². The second-order valence-corrected chi connectivity index (χ2v) is 9.37. The summed E-state index contributed by atoms with van der Waals surface area (Å²) in [5.74, 6) is -1.63. The van der Waals surface area contributed by atoms with Gasteiger partial charge in [-0.3, -0.25) is 9.59 Å². The standard InChI is InChI=1S/C30H31N3O3/c1-29(2,28(35)36)27(34)31-20-12-19-26-21-33(22-32-26)30(23-13-6-3-7-14-23,24-15-8-4-9-16-24)25-17-10-5-11-18-25/h3-11,13-18,21-22H,12,19-20H2,1-2H3,(H,31,34)(H,35,36). The third kappa shape index (κ3) is 4.80. The molecule has 3 aromatic carbocycles. The SMILES string of the molecule is CC(C)(C(=O)O)C(=O)NCCCc1cn(C(c2ccccc2)(c2ccccc2)c2ccccc2)cn1. The molecule has 0 atom stereocenters. The molecular formula is C30H31N3O3. The Bertz CT molecular complexity index is 1200. The van der Waals surface area contributed by atoms with Crippen LogP contribution in [0, 0.1) is 5.41 Å². The second kappa shape index (κ2) is 10.6. The van der Waals surface area contributed by atoms with Gasteiger partial charge in [-0.05, 0) is 43.4 Å². The fourth-order valence-electron chi connectivity index (χ4n) is 4.45. The summed E-state index contributed by atoms with van der Waals surface area (Å²) in [6.07, 6.45) is 5.23. The molecule has 0 aliphatic rings. The summed E-state index contributed by atoms with van der Waals surface area (Å²) in [7, 11) is 0. The number of aryl methyl sites for hydroxylation is 1. The van der Waals surface area contributed by atoms with Crippen LogP contribution in [0.4, 0.5) is 0 Å². The molecule has 0 unspecified atom stereocenters. The number of nitrogens with one attached hydrogen (secondary N) is 1. The fraction of sp³-hybridized carbons (Fsp3) is 0.233. The van der Waals surface area contributed by atoms with E-state index in [4.69, 9.17) is 4.98 Å². The smallest absolute Gasteiger partial charge is 0.318 e. The summed E-state index contributed by atoms with van der Waals surface area (Å²) in [6.45, 7) is 3.19. The summed E-state index contributed by atoms with van der Waals surface area (Å²) in [6, 6.07) is 31.2. The van der Waals surface area contributed by atoms with Gasteiger partial charge in [-0.15, -0.1) is 0 Å². The second-order valence-electron chi connectivity index (χ2n) is 9.37. The lowest BCUT2D eigenvalue weighted by molar-refractivity contribution is -0.153. The van der Waals surface area contributed by atoms with Crippen LogP contribution >= 0.6 is 0 Å². The molecule has 1 aromatic heterocycles. The van der Waals surface area contributed by atoms with E-state index in [0.29, 0.717) is 19.4 Å². The Morgan fingerprint density at radius 1 is 0.833 bits per heavy atom. The lowest BCUT2D eigenvalue weighted by Gasteiger charge is -2.37. The number of rotatable bonds is 10. The van der Waals surface area contributed by atoms with E-state index >= 15 is 0 Å². The quantitative estimate of drug-likeness (QED) is 0.192. The lowest BCUT2D eigenvalue weighted by atomic mass is 9.77. The highest BCUT2D eigenvalue weighted by Crippen LogP contribution is 2.40. The Morgan fingerprint density at radius 2 is 1.31 bits per heavy atom. The first kappa shape index (κ1) is 24.9. The lowest BCUT2D eigenvalue weighted by Crippen LogP contribution is -2.42. The largest absolute Gasteiger partial charge is 0.480 e. The number of hydrogen-bond donors (Lipinski definition) is 2. The molecule has 0 bridgehead atoms. The molecule has 0 radical (unpaired) electrons. The Balaban J connectivity index is 1.65. The van der Waals surface area contributed by atoms with Crippen LogP contribution in [-0.4, -0.2) is 33.1 Å². The molecule has 6 heteroatoms. The average Bonchev–Trinajstić information content (AvgIpc) is 3.38. The molecule has 0 spiro atoms. The Labute approximate surface area is 211 Å². The minimum absolute atomic E-state index is 0.379. The van der Waals surface area contributed by atoms with Gasteiger partial charge < -0.3 is 15.0 Å². The highest BCUT2D eigenvalue weighted by molar-refractivity contribution is 6.00. The van der Waals surface area contributed by atoms with Gasteiger partial charge in [0, 0.05) is 12.7 Å². The number of aliphatic carboxylic acids is 1. The van der Waals surface area contributed by atoms with Crippen molar-refractivity contribution in [2.45, 2.75) is 32.2 Å². The number of carbonyl (C=O) groups is 2. The van der Waals surface area contributed by atoms with Crippen molar-refractivity contribution in [3.05, 3.63) is 126 Å². The molecule has 0 saturated carbocycles. The minimum Gasteiger partial charge on any atom is -0.480 e. The number of nitrogens with zero attached hydrogens (tertiary/aromatic N) is 2. The number of carboxylic acid groups (broad SMARTS) is 1. The van der Waals surface area contributed by atoms with Gasteiger partial charge in [0.05, 0.1) is 12.0 Å². The summed E-state index contributed by atoms with van der Waals surface area (Å²) in [5, 5.41) is 12.0. The summed E-state index contributed by atoms with van der Waals surface area (Å²) >= 11 is 0. The van der Waals surface area contributed by atoms with E-state index in [9.17, 15) is 14.7 Å². The van der Waals surface area contributed by atoms with Crippen molar-refractivity contribution in [3.63, 3.8) is 0 Å². The van der Waals surface area contributed by atoms with Gasteiger partial charge in [0.25, 0.3) is 0 Å². The molecule has 2 N–H and O–H groups in total. The van der Waals surface area contributed by atoms with Crippen molar-refractivity contribution in [2.24, 2.45) is 5.41 Å². The molecule has 36 heavy (non-hydrogen) atoms. The number of imidazole rings is 1. The van der Waals surface area contributed by atoms with Gasteiger partial charge in [0.15, 0.2) is 0 Å². The number of hydrogen-bond acceptors (Lipinski definition) is 3. The minimum atomic E-state index is -1.46. The fourth-order valence-corrected chi connectivity index (χ4v) is 4.45. The van der Waals surface area contributed by atoms with Crippen molar-refractivity contribution >= 4 is 11.9 Å². The first-order chi connectivity index (χ1) is 17.4. The molecule has 1 amide bonds.